The number of halogens is 10. The van der Waals surface area contributed by atoms with E-state index in [4.69, 9.17) is 0 Å². The van der Waals surface area contributed by atoms with Crippen molar-refractivity contribution in [3.63, 3.8) is 0 Å². The van der Waals surface area contributed by atoms with Crippen molar-refractivity contribution in [1.82, 2.24) is 0 Å². The van der Waals surface area contributed by atoms with E-state index >= 15 is 0 Å². The van der Waals surface area contributed by atoms with Crippen LogP contribution in [0.1, 0.15) is 16.7 Å². The summed E-state index contributed by atoms with van der Waals surface area (Å²) in [5.41, 5.74) is -3.12. The maximum Gasteiger partial charge on any atom is 0.416 e. The van der Waals surface area contributed by atoms with Gasteiger partial charge in [-0.1, -0.05) is 18.2 Å². The van der Waals surface area contributed by atoms with Crippen LogP contribution in [0.4, 0.5) is 39.5 Å². The topological polar surface area (TPSA) is 0 Å². The number of rotatable bonds is 3. The molecule has 0 N–H and O–H groups in total. The van der Waals surface area contributed by atoms with E-state index in [-0.39, 0.29) is 39.9 Å². The number of hydrogen-bond acceptors (Lipinski definition) is 0. The Kier molecular flexibility index (Phi) is 7.85. The third-order valence-electron chi connectivity index (χ3n) is 5.07. The molecule has 0 saturated heterocycles. The molecular weight excluding hydrogens is 593 g/mol. The monoisotopic (exact) mass is 608 g/mol. The van der Waals surface area contributed by atoms with Gasteiger partial charge in [0.2, 0.25) is 0 Å². The van der Waals surface area contributed by atoms with Crippen LogP contribution in [0.2, 0.25) is 0 Å². The molecule has 178 valence electrons. The molecule has 0 heterocycles. The molecule has 0 aliphatic carbocycles. The first-order valence-corrected chi connectivity index (χ1v) is 11.3. The second kappa shape index (κ2) is 9.44. The van der Waals surface area contributed by atoms with Crippen LogP contribution in [0.5, 0.6) is 0 Å². The highest BCUT2D eigenvalue weighted by atomic mass is 127. The van der Waals surface area contributed by atoms with Crippen molar-refractivity contribution < 1.29 is 63.5 Å². The Morgan fingerprint density at radius 2 is 0.727 bits per heavy atom. The molecule has 3 aromatic carbocycles. The molecule has 3 rings (SSSR count). The van der Waals surface area contributed by atoms with Crippen LogP contribution in [-0.2, 0) is 18.5 Å². The molecular formula is C22H15F9IP. The fraction of sp³-hybridized carbons (Fsp3) is 0.182. The second-order valence-electron chi connectivity index (χ2n) is 7.15. The van der Waals surface area contributed by atoms with Crippen molar-refractivity contribution in [3.8, 4) is 0 Å². The van der Waals surface area contributed by atoms with Crippen molar-refractivity contribution in [3.05, 3.63) is 89.5 Å². The van der Waals surface area contributed by atoms with Crippen LogP contribution in [0, 0.1) is 0 Å². The Morgan fingerprint density at radius 3 is 0.939 bits per heavy atom. The molecule has 0 amide bonds. The first kappa shape index (κ1) is 27.4. The minimum Gasteiger partial charge on any atom is -1.00 e. The zero-order valence-corrected chi connectivity index (χ0v) is 19.7. The van der Waals surface area contributed by atoms with Gasteiger partial charge >= 0.3 is 18.5 Å². The Morgan fingerprint density at radius 1 is 0.485 bits per heavy atom. The summed E-state index contributed by atoms with van der Waals surface area (Å²) in [6.45, 7) is 1.41. The highest BCUT2D eigenvalue weighted by molar-refractivity contribution is 7.95. The van der Waals surface area contributed by atoms with Crippen LogP contribution >= 0.6 is 7.26 Å². The van der Waals surface area contributed by atoms with Crippen molar-refractivity contribution in [2.45, 2.75) is 18.5 Å². The van der Waals surface area contributed by atoms with Crippen LogP contribution in [0.25, 0.3) is 0 Å². The van der Waals surface area contributed by atoms with E-state index < -0.39 is 42.5 Å². The van der Waals surface area contributed by atoms with E-state index in [1.165, 1.54) is 24.9 Å². The average Bonchev–Trinajstić information content (AvgIpc) is 2.71. The predicted octanol–water partition coefficient (Wildman–Crippen LogP) is 3.67. The Hall–Kier alpha value is -1.81. The van der Waals surface area contributed by atoms with Crippen molar-refractivity contribution in [2.24, 2.45) is 0 Å². The SMILES string of the molecule is C[P+](c1cccc(C(F)(F)F)c1)(c1cccc(C(F)(F)F)c1)c1cccc(C(F)(F)F)c1.[I-]. The smallest absolute Gasteiger partial charge is 0.416 e. The lowest BCUT2D eigenvalue weighted by atomic mass is 10.2. The van der Waals surface area contributed by atoms with E-state index in [2.05, 4.69) is 0 Å². The fourth-order valence-electron chi connectivity index (χ4n) is 3.33. The highest BCUT2D eigenvalue weighted by Crippen LogP contribution is 2.53. The summed E-state index contributed by atoms with van der Waals surface area (Å²) < 4.78 is 120. The van der Waals surface area contributed by atoms with Crippen LogP contribution in [-0.4, -0.2) is 6.66 Å². The van der Waals surface area contributed by atoms with Crippen LogP contribution in [0.15, 0.2) is 72.8 Å². The Balaban J connectivity index is 0.00000385. The highest BCUT2D eigenvalue weighted by Gasteiger charge is 2.45. The molecule has 3 aromatic rings. The van der Waals surface area contributed by atoms with E-state index in [0.717, 1.165) is 54.6 Å². The molecule has 0 unspecified atom stereocenters. The Bertz CT molecular complexity index is 978. The van der Waals surface area contributed by atoms with Gasteiger partial charge in [0.25, 0.3) is 0 Å². The van der Waals surface area contributed by atoms with Crippen molar-refractivity contribution in [2.75, 3.05) is 6.66 Å². The standard InChI is InChI=1S/C22H15F9P.HI/c1-32(17-8-2-5-14(11-17)20(23,24)25,18-9-3-6-15(12-18)21(26,27)28)19-10-4-7-16(13-19)22(29,30)31;/h2-13H,1H3;1H/q+1;/p-1. The van der Waals surface area contributed by atoms with Crippen LogP contribution in [0.3, 0.4) is 0 Å². The molecule has 0 nitrogen and oxygen atoms in total. The number of alkyl halides is 9. The van der Waals surface area contributed by atoms with Gasteiger partial charge in [-0.2, -0.15) is 39.5 Å². The summed E-state index contributed by atoms with van der Waals surface area (Å²) in [6.07, 6.45) is -14.2. The van der Waals surface area contributed by atoms with Gasteiger partial charge in [-0.3, -0.25) is 0 Å². The third kappa shape index (κ3) is 5.82. The molecule has 0 fully saturated rings. The van der Waals surface area contributed by atoms with Crippen molar-refractivity contribution >= 4 is 23.2 Å². The molecule has 0 atom stereocenters. The van der Waals surface area contributed by atoms with Gasteiger partial charge in [0, 0.05) is 0 Å². The average molecular weight is 608 g/mol. The number of hydrogen-bond donors (Lipinski definition) is 0. The summed E-state index contributed by atoms with van der Waals surface area (Å²) in [5, 5.41) is 0.0166. The van der Waals surface area contributed by atoms with Gasteiger partial charge in [-0.25, -0.2) is 0 Å². The van der Waals surface area contributed by atoms with Gasteiger partial charge < -0.3 is 24.0 Å². The third-order valence-corrected chi connectivity index (χ3v) is 9.00. The minimum atomic E-state index is -4.73. The van der Waals surface area contributed by atoms with Crippen LogP contribution < -0.4 is 39.9 Å². The lowest BCUT2D eigenvalue weighted by Gasteiger charge is -2.25. The molecule has 0 spiro atoms. The largest absolute Gasteiger partial charge is 1.00 e. The summed E-state index contributed by atoms with van der Waals surface area (Å²) in [7, 11) is -3.32. The van der Waals surface area contributed by atoms with E-state index in [0.29, 0.717) is 0 Å². The maximum atomic E-state index is 13.3. The molecule has 33 heavy (non-hydrogen) atoms. The number of benzene rings is 3. The summed E-state index contributed by atoms with van der Waals surface area (Å²) in [4.78, 5) is 0. The second-order valence-corrected chi connectivity index (χ2v) is 10.7. The van der Waals surface area contributed by atoms with E-state index in [9.17, 15) is 39.5 Å². The maximum absolute atomic E-state index is 13.3. The van der Waals surface area contributed by atoms with Gasteiger partial charge in [0.1, 0.15) is 23.2 Å². The Labute approximate surface area is 201 Å². The van der Waals surface area contributed by atoms with Gasteiger partial charge in [-0.15, -0.1) is 0 Å². The molecule has 0 aliphatic rings. The van der Waals surface area contributed by atoms with Gasteiger partial charge in [0.05, 0.1) is 23.4 Å². The quantitative estimate of drug-likeness (QED) is 0.242. The van der Waals surface area contributed by atoms with Gasteiger partial charge in [-0.05, 0) is 54.6 Å². The van der Waals surface area contributed by atoms with Crippen molar-refractivity contribution in [1.29, 1.82) is 0 Å². The zero-order valence-electron chi connectivity index (χ0n) is 16.7. The summed E-state index contributed by atoms with van der Waals surface area (Å²) in [5.74, 6) is 0. The molecule has 0 aliphatic heterocycles. The van der Waals surface area contributed by atoms with Gasteiger partial charge in [0.15, 0.2) is 0 Å². The van der Waals surface area contributed by atoms with E-state index in [1.807, 2.05) is 0 Å². The molecule has 11 heteroatoms. The lowest BCUT2D eigenvalue weighted by Crippen LogP contribution is -3.00. The minimum absolute atomic E-state index is 0. The predicted molar refractivity (Wildman–Crippen MR) is 106 cm³/mol. The first-order chi connectivity index (χ1) is 14.6. The van der Waals surface area contributed by atoms with E-state index in [1.54, 1.807) is 0 Å². The fourth-order valence-corrected chi connectivity index (χ4v) is 6.57. The summed E-state index contributed by atoms with van der Waals surface area (Å²) >= 11 is 0. The molecule has 0 radical (unpaired) electrons. The molecule has 0 saturated carbocycles. The first-order valence-electron chi connectivity index (χ1n) is 9.03. The molecule has 0 aromatic heterocycles. The zero-order chi connectivity index (χ0) is 23.9. The molecule has 0 bridgehead atoms. The lowest BCUT2D eigenvalue weighted by molar-refractivity contribution is -0.138. The normalized spacial score (nSPS) is 12.9. The summed E-state index contributed by atoms with van der Waals surface area (Å²) in [6, 6.07) is 11.9.